The number of carbonyl (C=O) groups is 1. The van der Waals surface area contributed by atoms with Crippen molar-refractivity contribution in [2.75, 3.05) is 17.2 Å². The maximum atomic E-state index is 12.5. The highest BCUT2D eigenvalue weighted by Gasteiger charge is 2.17. The van der Waals surface area contributed by atoms with E-state index in [1.165, 1.54) is 0 Å². The lowest BCUT2D eigenvalue weighted by atomic mass is 10.1. The number of rotatable bonds is 5. The van der Waals surface area contributed by atoms with Crippen LogP contribution in [0.1, 0.15) is 17.4 Å². The second kappa shape index (κ2) is 9.33. The lowest BCUT2D eigenvalue weighted by molar-refractivity contribution is 0.0520. The van der Waals surface area contributed by atoms with Gasteiger partial charge in [0.05, 0.1) is 17.8 Å². The largest absolute Gasteiger partial charge is 0.461 e. The molecule has 0 spiro atoms. The molecule has 2 aromatic heterocycles. The molecular weight excluding hydrogens is 444 g/mol. The Morgan fingerprint density at radius 2 is 1.59 bits per heavy atom. The summed E-state index contributed by atoms with van der Waals surface area (Å²) in [7, 11) is 0. The molecule has 5 rings (SSSR count). The van der Waals surface area contributed by atoms with E-state index in [-0.39, 0.29) is 5.69 Å². The maximum Gasteiger partial charge on any atom is 0.356 e. The Morgan fingerprint density at radius 3 is 2.32 bits per heavy atom. The number of anilines is 2. The van der Waals surface area contributed by atoms with Crippen LogP contribution in [0.25, 0.3) is 33.1 Å². The molecule has 5 aromatic rings. The van der Waals surface area contributed by atoms with E-state index < -0.39 is 5.97 Å². The molecular formula is C27H22N4O2S. The summed E-state index contributed by atoms with van der Waals surface area (Å²) in [4.78, 5) is 20.7. The van der Waals surface area contributed by atoms with Crippen LogP contribution in [0.4, 0.5) is 11.4 Å². The summed E-state index contributed by atoms with van der Waals surface area (Å²) in [5.41, 5.74) is 5.45. The molecule has 0 bridgehead atoms. The number of para-hydroxylation sites is 2. The monoisotopic (exact) mass is 466 g/mol. The molecule has 7 heteroatoms. The van der Waals surface area contributed by atoms with Crippen molar-refractivity contribution >= 4 is 56.5 Å². The van der Waals surface area contributed by atoms with E-state index in [1.54, 1.807) is 13.0 Å². The lowest BCUT2D eigenvalue weighted by Gasteiger charge is -2.11. The van der Waals surface area contributed by atoms with E-state index in [9.17, 15) is 4.79 Å². The van der Waals surface area contributed by atoms with Crippen molar-refractivity contribution in [1.29, 1.82) is 0 Å². The predicted molar refractivity (Wildman–Crippen MR) is 141 cm³/mol. The van der Waals surface area contributed by atoms with Gasteiger partial charge in [-0.05, 0) is 55.5 Å². The van der Waals surface area contributed by atoms with E-state index in [1.807, 2.05) is 78.9 Å². The van der Waals surface area contributed by atoms with Crippen molar-refractivity contribution in [2.45, 2.75) is 6.92 Å². The number of hydrogen-bond donors (Lipinski definition) is 3. The van der Waals surface area contributed by atoms with Crippen LogP contribution in [0.3, 0.4) is 0 Å². The Morgan fingerprint density at radius 1 is 0.912 bits per heavy atom. The number of ether oxygens (including phenoxy) is 1. The van der Waals surface area contributed by atoms with Gasteiger partial charge in [-0.1, -0.05) is 48.5 Å². The summed E-state index contributed by atoms with van der Waals surface area (Å²) >= 11 is 5.42. The van der Waals surface area contributed by atoms with Crippen molar-refractivity contribution in [3.63, 3.8) is 0 Å². The predicted octanol–water partition coefficient (Wildman–Crippen LogP) is 6.37. The number of esters is 1. The number of hydrogen-bond acceptors (Lipinski definition) is 4. The van der Waals surface area contributed by atoms with Crippen molar-refractivity contribution in [3.05, 3.63) is 90.6 Å². The molecule has 0 radical (unpaired) electrons. The number of H-pyrrole nitrogens is 1. The summed E-state index contributed by atoms with van der Waals surface area (Å²) < 4.78 is 5.23. The normalized spacial score (nSPS) is 10.9. The average Bonchev–Trinajstić information content (AvgIpc) is 3.23. The number of aromatic nitrogens is 2. The number of thiocarbonyl (C=S) groups is 1. The Labute approximate surface area is 202 Å². The molecule has 0 atom stereocenters. The Balaban J connectivity index is 1.49. The first-order valence-corrected chi connectivity index (χ1v) is 11.4. The summed E-state index contributed by atoms with van der Waals surface area (Å²) in [6.07, 6.45) is 0. The molecule has 3 N–H and O–H groups in total. The molecule has 0 unspecified atom stereocenters. The lowest BCUT2D eigenvalue weighted by Crippen LogP contribution is -2.18. The summed E-state index contributed by atoms with van der Waals surface area (Å²) in [6.45, 7) is 2.07. The van der Waals surface area contributed by atoms with Gasteiger partial charge in [0.2, 0.25) is 0 Å². The van der Waals surface area contributed by atoms with E-state index in [2.05, 4.69) is 20.6 Å². The molecule has 0 aliphatic heterocycles. The second-order valence-electron chi connectivity index (χ2n) is 7.69. The summed E-state index contributed by atoms with van der Waals surface area (Å²) in [6, 6.07) is 27.3. The van der Waals surface area contributed by atoms with E-state index in [4.69, 9.17) is 17.0 Å². The molecule has 0 fully saturated rings. The van der Waals surface area contributed by atoms with Crippen LogP contribution >= 0.6 is 12.2 Å². The molecule has 2 heterocycles. The Hall–Kier alpha value is -4.23. The number of pyridine rings is 1. The highest BCUT2D eigenvalue weighted by Crippen LogP contribution is 2.33. The van der Waals surface area contributed by atoms with Gasteiger partial charge in [0, 0.05) is 33.2 Å². The zero-order valence-electron chi connectivity index (χ0n) is 18.5. The average molecular weight is 467 g/mol. The van der Waals surface area contributed by atoms with E-state index in [0.717, 1.165) is 38.7 Å². The highest BCUT2D eigenvalue weighted by atomic mass is 32.1. The van der Waals surface area contributed by atoms with Crippen LogP contribution in [0, 0.1) is 0 Å². The SMILES string of the molecule is CCOC(=O)c1cc2c([nH]c3ccccc32)c(-c2ccc(NC(=S)Nc3ccccc3)cc2)n1. The number of carbonyl (C=O) groups excluding carboxylic acids is 1. The minimum absolute atomic E-state index is 0.282. The second-order valence-corrected chi connectivity index (χ2v) is 8.10. The Bertz CT molecular complexity index is 1490. The third-order valence-corrected chi connectivity index (χ3v) is 5.63. The minimum atomic E-state index is -0.438. The van der Waals surface area contributed by atoms with Crippen molar-refractivity contribution < 1.29 is 9.53 Å². The molecule has 6 nitrogen and oxygen atoms in total. The van der Waals surface area contributed by atoms with Crippen molar-refractivity contribution in [3.8, 4) is 11.3 Å². The first-order valence-electron chi connectivity index (χ1n) is 10.9. The van der Waals surface area contributed by atoms with Gasteiger partial charge in [0.25, 0.3) is 0 Å². The van der Waals surface area contributed by atoms with Gasteiger partial charge >= 0.3 is 5.97 Å². The van der Waals surface area contributed by atoms with E-state index >= 15 is 0 Å². The van der Waals surface area contributed by atoms with Gasteiger partial charge < -0.3 is 20.4 Å². The third-order valence-electron chi connectivity index (χ3n) is 5.43. The van der Waals surface area contributed by atoms with Crippen LogP contribution in [-0.4, -0.2) is 27.7 Å². The fourth-order valence-corrected chi connectivity index (χ4v) is 4.13. The molecule has 3 aromatic carbocycles. The molecule has 0 amide bonds. The smallest absolute Gasteiger partial charge is 0.356 e. The van der Waals surface area contributed by atoms with Crippen LogP contribution in [-0.2, 0) is 4.74 Å². The quantitative estimate of drug-likeness (QED) is 0.206. The van der Waals surface area contributed by atoms with Crippen molar-refractivity contribution in [1.82, 2.24) is 9.97 Å². The zero-order chi connectivity index (χ0) is 23.5. The van der Waals surface area contributed by atoms with Crippen molar-refractivity contribution in [2.24, 2.45) is 0 Å². The van der Waals surface area contributed by atoms with Gasteiger partial charge in [0.1, 0.15) is 5.69 Å². The molecule has 0 saturated carbocycles. The van der Waals surface area contributed by atoms with E-state index in [0.29, 0.717) is 17.4 Å². The first-order chi connectivity index (χ1) is 16.6. The van der Waals surface area contributed by atoms with Crippen LogP contribution in [0.15, 0.2) is 84.9 Å². The highest BCUT2D eigenvalue weighted by molar-refractivity contribution is 7.80. The summed E-state index contributed by atoms with van der Waals surface area (Å²) in [5.74, 6) is -0.438. The number of aromatic amines is 1. The number of fused-ring (bicyclic) bond motifs is 3. The molecule has 0 aliphatic carbocycles. The number of benzene rings is 3. The molecule has 34 heavy (non-hydrogen) atoms. The minimum Gasteiger partial charge on any atom is -0.461 e. The molecule has 0 saturated heterocycles. The van der Waals surface area contributed by atoms with Gasteiger partial charge in [-0.2, -0.15) is 0 Å². The van der Waals surface area contributed by atoms with Gasteiger partial charge in [-0.15, -0.1) is 0 Å². The Kier molecular flexibility index (Phi) is 5.93. The topological polar surface area (TPSA) is 79.0 Å². The van der Waals surface area contributed by atoms with Gasteiger partial charge in [-0.3, -0.25) is 0 Å². The van der Waals surface area contributed by atoms with Crippen LogP contribution in [0.5, 0.6) is 0 Å². The standard InChI is InChI=1S/C27H22N4O2S/c1-2-33-26(32)23-16-21-20-10-6-7-11-22(20)30-25(21)24(31-23)17-12-14-19(15-13-17)29-27(34)28-18-8-4-3-5-9-18/h3-16,30H,2H2,1H3,(H2,28,29,34). The maximum absolute atomic E-state index is 12.5. The fourth-order valence-electron chi connectivity index (χ4n) is 3.89. The number of nitrogens with one attached hydrogen (secondary N) is 3. The zero-order valence-corrected chi connectivity index (χ0v) is 19.3. The van der Waals surface area contributed by atoms with Gasteiger partial charge in [-0.25, -0.2) is 9.78 Å². The number of nitrogens with zero attached hydrogens (tertiary/aromatic N) is 1. The molecule has 168 valence electrons. The van der Waals surface area contributed by atoms with Crippen LogP contribution < -0.4 is 10.6 Å². The van der Waals surface area contributed by atoms with Gasteiger partial charge in [0.15, 0.2) is 5.11 Å². The van der Waals surface area contributed by atoms with Crippen LogP contribution in [0.2, 0.25) is 0 Å². The fraction of sp³-hybridized carbons (Fsp3) is 0.0741. The first kappa shape index (κ1) is 21.6. The summed E-state index contributed by atoms with van der Waals surface area (Å²) in [5, 5.41) is 8.81. The molecule has 0 aliphatic rings. The third kappa shape index (κ3) is 4.33.